The van der Waals surface area contributed by atoms with Gasteiger partial charge in [0.15, 0.2) is 0 Å². The van der Waals surface area contributed by atoms with Crippen LogP contribution in [0.15, 0.2) is 0 Å². The van der Waals surface area contributed by atoms with Gasteiger partial charge < -0.3 is 0 Å². The third-order valence-corrected chi connectivity index (χ3v) is 23.8. The van der Waals surface area contributed by atoms with Crippen molar-refractivity contribution in [3.8, 4) is 0 Å². The third-order valence-electron chi connectivity index (χ3n) is 13.7. The molecule has 0 heterocycles. The minimum Gasteiger partial charge on any atom is -0.0654 e. The molecule has 2 heteroatoms. The van der Waals surface area contributed by atoms with Crippen LogP contribution in [-0.4, -0.2) is 49.3 Å². The Balaban J connectivity index is 5.72. The second-order valence-electron chi connectivity index (χ2n) is 19.1. The molecule has 0 radical (unpaired) electrons. The van der Waals surface area contributed by atoms with Gasteiger partial charge in [-0.15, -0.1) is 0 Å². The standard InChI is InChI=1S/C53H112P2/c1-7-13-19-25-31-38-46-54(47-39-32-26-20-14-8-2,48-40-33-27-21-15-9-3)52-44-37-45-53-55(49-41-34-28-22-16-10-4,50-42-35-29-23-17-11-5)51-43-36-30-24-18-12-6/h7-53H2,1-6H3/q+2. The monoisotopic (exact) mass is 811 g/mol. The molecule has 0 atom stereocenters. The molecule has 0 bridgehead atoms. The Bertz CT molecular complexity index is 563. The van der Waals surface area contributed by atoms with E-state index in [9.17, 15) is 0 Å². The van der Waals surface area contributed by atoms with Crippen molar-refractivity contribution in [2.24, 2.45) is 0 Å². The van der Waals surface area contributed by atoms with Crippen molar-refractivity contribution >= 4 is 14.5 Å². The van der Waals surface area contributed by atoms with E-state index in [1.165, 1.54) is 193 Å². The summed E-state index contributed by atoms with van der Waals surface area (Å²) in [6.07, 6.45) is 71.5. The van der Waals surface area contributed by atoms with Crippen LogP contribution >= 0.6 is 14.5 Å². The fourth-order valence-corrected chi connectivity index (χ4v) is 19.6. The first-order valence-corrected chi connectivity index (χ1v) is 31.8. The molecular formula is C53H112P2+2. The van der Waals surface area contributed by atoms with Gasteiger partial charge in [0.1, 0.15) is 0 Å². The van der Waals surface area contributed by atoms with Crippen molar-refractivity contribution < 1.29 is 0 Å². The van der Waals surface area contributed by atoms with Gasteiger partial charge in [0.2, 0.25) is 0 Å². The summed E-state index contributed by atoms with van der Waals surface area (Å²) in [5.41, 5.74) is 0. The molecule has 0 saturated heterocycles. The Morgan fingerprint density at radius 2 is 0.255 bits per heavy atom. The maximum atomic E-state index is 2.38. The fraction of sp³-hybridized carbons (Fsp3) is 1.00. The predicted octanol–water partition coefficient (Wildman–Crippen LogP) is 20.4. The summed E-state index contributed by atoms with van der Waals surface area (Å²) in [5.74, 6) is 0. The van der Waals surface area contributed by atoms with Crippen LogP contribution in [0.1, 0.15) is 292 Å². The number of unbranched alkanes of at least 4 members (excludes halogenated alkanes) is 32. The van der Waals surface area contributed by atoms with Crippen molar-refractivity contribution in [3.63, 3.8) is 0 Å². The molecule has 0 unspecified atom stereocenters. The number of hydrogen-bond donors (Lipinski definition) is 0. The SMILES string of the molecule is CCCCCCCC[P+](CCCCCCCC)(CCCCCCCC)CCCCC[P+](CCCCCCCC)(CCCCCCCC)CCCCCCCC. The van der Waals surface area contributed by atoms with Gasteiger partial charge in [-0.3, -0.25) is 0 Å². The van der Waals surface area contributed by atoms with E-state index in [2.05, 4.69) is 41.5 Å². The van der Waals surface area contributed by atoms with E-state index >= 15 is 0 Å². The average Bonchev–Trinajstić information content (AvgIpc) is 3.19. The van der Waals surface area contributed by atoms with E-state index in [1.54, 1.807) is 107 Å². The predicted molar refractivity (Wildman–Crippen MR) is 267 cm³/mol. The van der Waals surface area contributed by atoms with Gasteiger partial charge in [-0.1, -0.05) is 196 Å². The van der Waals surface area contributed by atoms with Crippen molar-refractivity contribution in [2.45, 2.75) is 292 Å². The first-order chi connectivity index (χ1) is 27.1. The zero-order valence-electron chi connectivity index (χ0n) is 40.1. The molecule has 0 aromatic carbocycles. The largest absolute Gasteiger partial charge is 0.0654 e. The van der Waals surface area contributed by atoms with Gasteiger partial charge in [0.25, 0.3) is 0 Å². The van der Waals surface area contributed by atoms with Crippen LogP contribution in [-0.2, 0) is 0 Å². The molecule has 0 aliphatic carbocycles. The molecule has 332 valence electrons. The lowest BCUT2D eigenvalue weighted by Crippen LogP contribution is -2.15. The lowest BCUT2D eigenvalue weighted by Gasteiger charge is -2.30. The molecule has 0 aliphatic heterocycles. The Labute approximate surface area is 354 Å². The van der Waals surface area contributed by atoms with Crippen molar-refractivity contribution in [2.75, 3.05) is 49.3 Å². The number of hydrogen-bond acceptors (Lipinski definition) is 0. The molecular weight excluding hydrogens is 699 g/mol. The maximum Gasteiger partial charge on any atom is 0.0594 e. The molecule has 0 amide bonds. The highest BCUT2D eigenvalue weighted by molar-refractivity contribution is 7.76. The Kier molecular flexibility index (Phi) is 45.1. The highest BCUT2D eigenvalue weighted by Crippen LogP contribution is 2.63. The summed E-state index contributed by atoms with van der Waals surface area (Å²) in [6, 6.07) is 0. The summed E-state index contributed by atoms with van der Waals surface area (Å²) in [6.45, 7) is 14.3. The highest BCUT2D eigenvalue weighted by Gasteiger charge is 2.37. The fourth-order valence-electron chi connectivity index (χ4n) is 9.78. The summed E-state index contributed by atoms with van der Waals surface area (Å²) in [7, 11) is -1.66. The summed E-state index contributed by atoms with van der Waals surface area (Å²) in [4.78, 5) is 0. The minimum absolute atomic E-state index is 0.828. The topological polar surface area (TPSA) is 0 Å². The van der Waals surface area contributed by atoms with Crippen LogP contribution in [0.4, 0.5) is 0 Å². The first-order valence-electron chi connectivity index (χ1n) is 26.8. The van der Waals surface area contributed by atoms with Crippen molar-refractivity contribution in [3.05, 3.63) is 0 Å². The molecule has 0 aromatic heterocycles. The lowest BCUT2D eigenvalue weighted by atomic mass is 10.1. The second kappa shape index (κ2) is 44.4. The zero-order chi connectivity index (χ0) is 40.2. The van der Waals surface area contributed by atoms with Crippen molar-refractivity contribution in [1.29, 1.82) is 0 Å². The van der Waals surface area contributed by atoms with Gasteiger partial charge in [-0.05, 0) is 96.3 Å². The number of rotatable bonds is 48. The van der Waals surface area contributed by atoms with Crippen molar-refractivity contribution in [1.82, 2.24) is 0 Å². The summed E-state index contributed by atoms with van der Waals surface area (Å²) >= 11 is 0. The van der Waals surface area contributed by atoms with Gasteiger partial charge in [-0.2, -0.15) is 0 Å². The van der Waals surface area contributed by atoms with E-state index in [1.807, 2.05) is 0 Å². The smallest absolute Gasteiger partial charge is 0.0594 e. The minimum atomic E-state index is -0.828. The van der Waals surface area contributed by atoms with Gasteiger partial charge >= 0.3 is 0 Å². The lowest BCUT2D eigenvalue weighted by molar-refractivity contribution is 0.613. The molecule has 0 fully saturated rings. The van der Waals surface area contributed by atoms with Gasteiger partial charge in [-0.25, -0.2) is 0 Å². The Morgan fingerprint density at radius 1 is 0.145 bits per heavy atom. The maximum absolute atomic E-state index is 2.38. The molecule has 55 heavy (non-hydrogen) atoms. The first kappa shape index (κ1) is 55.9. The van der Waals surface area contributed by atoms with Crippen LogP contribution in [0.2, 0.25) is 0 Å². The highest BCUT2D eigenvalue weighted by atomic mass is 31.2. The molecule has 0 spiro atoms. The normalized spacial score (nSPS) is 12.3. The van der Waals surface area contributed by atoms with Crippen LogP contribution in [0.3, 0.4) is 0 Å². The van der Waals surface area contributed by atoms with E-state index in [-0.39, 0.29) is 0 Å². The van der Waals surface area contributed by atoms with Crippen LogP contribution in [0.5, 0.6) is 0 Å². The quantitative estimate of drug-likeness (QED) is 0.0424. The molecule has 0 aliphatic rings. The van der Waals surface area contributed by atoms with Crippen LogP contribution < -0.4 is 0 Å². The summed E-state index contributed by atoms with van der Waals surface area (Å²) < 4.78 is 0. The Hall–Kier alpha value is 0.860. The zero-order valence-corrected chi connectivity index (χ0v) is 41.9. The second-order valence-corrected chi connectivity index (χ2v) is 28.1. The molecule has 0 N–H and O–H groups in total. The molecule has 0 nitrogen and oxygen atoms in total. The van der Waals surface area contributed by atoms with E-state index in [0.717, 1.165) is 0 Å². The van der Waals surface area contributed by atoms with Crippen LogP contribution in [0, 0.1) is 0 Å². The average molecular weight is 811 g/mol. The summed E-state index contributed by atoms with van der Waals surface area (Å²) in [5, 5.41) is 0. The Morgan fingerprint density at radius 3 is 0.400 bits per heavy atom. The van der Waals surface area contributed by atoms with E-state index in [0.29, 0.717) is 0 Å². The molecule has 0 rings (SSSR count). The van der Waals surface area contributed by atoms with E-state index in [4.69, 9.17) is 0 Å². The van der Waals surface area contributed by atoms with Crippen LogP contribution in [0.25, 0.3) is 0 Å². The molecule has 0 saturated carbocycles. The van der Waals surface area contributed by atoms with Gasteiger partial charge in [0, 0.05) is 14.5 Å². The molecule has 0 aromatic rings. The van der Waals surface area contributed by atoms with Gasteiger partial charge in [0.05, 0.1) is 49.3 Å². The third kappa shape index (κ3) is 36.4. The van der Waals surface area contributed by atoms with E-state index < -0.39 is 14.5 Å².